The van der Waals surface area contributed by atoms with Crippen molar-refractivity contribution in [2.45, 2.75) is 32.2 Å². The van der Waals surface area contributed by atoms with Gasteiger partial charge in [0.05, 0.1) is 0 Å². The molecule has 0 aliphatic carbocycles. The van der Waals surface area contributed by atoms with Gasteiger partial charge in [-0.2, -0.15) is 0 Å². The largest absolute Gasteiger partial charge is 0.354 e. The van der Waals surface area contributed by atoms with Crippen molar-refractivity contribution in [1.29, 1.82) is 0 Å². The first-order valence-electron chi connectivity index (χ1n) is 9.58. The molecule has 1 heterocycles. The van der Waals surface area contributed by atoms with Gasteiger partial charge in [-0.3, -0.25) is 14.5 Å². The minimum atomic E-state index is -1.29. The summed E-state index contributed by atoms with van der Waals surface area (Å²) in [5, 5.41) is 5.44. The van der Waals surface area contributed by atoms with Crippen molar-refractivity contribution >= 4 is 17.8 Å². The van der Waals surface area contributed by atoms with E-state index in [1.165, 1.54) is 24.3 Å². The lowest BCUT2D eigenvalue weighted by molar-refractivity contribution is -0.135. The molecule has 6 nitrogen and oxygen atoms in total. The van der Waals surface area contributed by atoms with E-state index >= 15 is 0 Å². The second-order valence-electron chi connectivity index (χ2n) is 7.11. The Morgan fingerprint density at radius 3 is 2.48 bits per heavy atom. The number of urea groups is 1. The molecular weight excluding hydrogens is 373 g/mol. The number of rotatable bonds is 7. The molecule has 7 heteroatoms. The van der Waals surface area contributed by atoms with E-state index in [1.807, 2.05) is 31.2 Å². The fourth-order valence-corrected chi connectivity index (χ4v) is 3.57. The van der Waals surface area contributed by atoms with Gasteiger partial charge in [0.25, 0.3) is 5.91 Å². The lowest BCUT2D eigenvalue weighted by Crippen LogP contribution is -2.45. The van der Waals surface area contributed by atoms with Crippen LogP contribution in [0.4, 0.5) is 9.18 Å². The minimum Gasteiger partial charge on any atom is -0.354 e. The van der Waals surface area contributed by atoms with Crippen LogP contribution >= 0.6 is 0 Å². The first-order chi connectivity index (χ1) is 13.9. The van der Waals surface area contributed by atoms with Crippen molar-refractivity contribution in [3.05, 3.63) is 71.0 Å². The highest BCUT2D eigenvalue weighted by molar-refractivity contribution is 6.09. The van der Waals surface area contributed by atoms with Crippen molar-refractivity contribution in [3.8, 4) is 0 Å². The van der Waals surface area contributed by atoms with Crippen molar-refractivity contribution in [3.63, 3.8) is 0 Å². The van der Waals surface area contributed by atoms with Gasteiger partial charge in [0.15, 0.2) is 0 Å². The molecule has 1 aliphatic heterocycles. The Labute approximate surface area is 169 Å². The van der Waals surface area contributed by atoms with Gasteiger partial charge < -0.3 is 10.6 Å². The van der Waals surface area contributed by atoms with Crippen LogP contribution in [0.25, 0.3) is 0 Å². The fraction of sp³-hybridized carbons (Fsp3) is 0.318. The Bertz CT molecular complexity index is 929. The van der Waals surface area contributed by atoms with Gasteiger partial charge >= 0.3 is 6.03 Å². The number of benzene rings is 2. The molecule has 4 amide bonds. The fourth-order valence-electron chi connectivity index (χ4n) is 3.57. The summed E-state index contributed by atoms with van der Waals surface area (Å²) in [7, 11) is 0. The summed E-state index contributed by atoms with van der Waals surface area (Å²) in [6, 6.07) is 12.7. The van der Waals surface area contributed by atoms with Crippen molar-refractivity contribution < 1.29 is 18.8 Å². The summed E-state index contributed by atoms with van der Waals surface area (Å²) >= 11 is 0. The molecular formula is C22H24FN3O3. The second-order valence-corrected chi connectivity index (χ2v) is 7.11. The average molecular weight is 397 g/mol. The molecule has 29 heavy (non-hydrogen) atoms. The zero-order valence-corrected chi connectivity index (χ0v) is 16.5. The number of imide groups is 1. The van der Waals surface area contributed by atoms with Crippen LogP contribution in [-0.2, 0) is 21.5 Å². The summed E-state index contributed by atoms with van der Waals surface area (Å²) in [6.45, 7) is 3.81. The highest BCUT2D eigenvalue weighted by atomic mass is 19.1. The van der Waals surface area contributed by atoms with Gasteiger partial charge in [-0.1, -0.05) is 43.3 Å². The molecule has 1 atom stereocenters. The van der Waals surface area contributed by atoms with Crippen molar-refractivity contribution in [1.82, 2.24) is 15.5 Å². The summed E-state index contributed by atoms with van der Waals surface area (Å²) < 4.78 is 13.3. The van der Waals surface area contributed by atoms with E-state index in [4.69, 9.17) is 0 Å². The van der Waals surface area contributed by atoms with Crippen LogP contribution in [0.15, 0.2) is 48.5 Å². The quantitative estimate of drug-likeness (QED) is 0.705. The molecule has 0 radical (unpaired) electrons. The third-order valence-corrected chi connectivity index (χ3v) is 5.32. The molecule has 0 aromatic heterocycles. The van der Waals surface area contributed by atoms with Crippen LogP contribution in [0, 0.1) is 12.7 Å². The molecule has 0 bridgehead atoms. The summed E-state index contributed by atoms with van der Waals surface area (Å²) in [6.07, 6.45) is 0.946. The lowest BCUT2D eigenvalue weighted by atomic mass is 9.87. The predicted molar refractivity (Wildman–Crippen MR) is 107 cm³/mol. The number of nitrogens with one attached hydrogen (secondary N) is 2. The van der Waals surface area contributed by atoms with Crippen LogP contribution in [0.2, 0.25) is 0 Å². The number of hydrogen-bond acceptors (Lipinski definition) is 3. The van der Waals surface area contributed by atoms with E-state index in [9.17, 15) is 18.8 Å². The van der Waals surface area contributed by atoms with Crippen molar-refractivity contribution in [2.75, 3.05) is 13.1 Å². The standard InChI is InChI=1S/C22H24FN3O3/c1-3-22(17-8-10-18(23)11-9-17)20(28)26(21(29)25-22)14-19(27)24-13-12-16-7-5-4-6-15(16)2/h4-11H,3,12-14H2,1-2H3,(H,24,27)(H,25,29)/t22-/m0/s1. The highest BCUT2D eigenvalue weighted by Gasteiger charge is 2.51. The molecule has 0 spiro atoms. The van der Waals surface area contributed by atoms with Crippen LogP contribution in [0.5, 0.6) is 0 Å². The molecule has 1 fully saturated rings. The number of carbonyl (C=O) groups excluding carboxylic acids is 3. The number of nitrogens with zero attached hydrogens (tertiary/aromatic N) is 1. The van der Waals surface area contributed by atoms with E-state index in [1.54, 1.807) is 6.92 Å². The van der Waals surface area contributed by atoms with E-state index in [0.29, 0.717) is 18.5 Å². The molecule has 152 valence electrons. The maximum absolute atomic E-state index is 13.3. The Balaban J connectivity index is 1.64. The summed E-state index contributed by atoms with van der Waals surface area (Å²) in [5.74, 6) is -1.35. The molecule has 2 aromatic carbocycles. The van der Waals surface area contributed by atoms with Crippen LogP contribution in [0.3, 0.4) is 0 Å². The maximum Gasteiger partial charge on any atom is 0.325 e. The van der Waals surface area contributed by atoms with E-state index in [2.05, 4.69) is 10.6 Å². The molecule has 1 saturated heterocycles. The Morgan fingerprint density at radius 2 is 1.83 bits per heavy atom. The van der Waals surface area contributed by atoms with Crippen LogP contribution < -0.4 is 10.6 Å². The van der Waals surface area contributed by atoms with Crippen molar-refractivity contribution in [2.24, 2.45) is 0 Å². The molecule has 2 aromatic rings. The Kier molecular flexibility index (Phi) is 5.96. The summed E-state index contributed by atoms with van der Waals surface area (Å²) in [5.41, 5.74) is 1.47. The van der Waals surface area contributed by atoms with Gasteiger partial charge in [0.1, 0.15) is 17.9 Å². The topological polar surface area (TPSA) is 78.5 Å². The number of aryl methyl sites for hydroxylation is 1. The molecule has 0 saturated carbocycles. The Hall–Kier alpha value is -3.22. The third kappa shape index (κ3) is 4.13. The molecule has 3 rings (SSSR count). The number of hydrogen-bond donors (Lipinski definition) is 2. The third-order valence-electron chi connectivity index (χ3n) is 5.32. The number of carbonyl (C=O) groups is 3. The number of amides is 4. The average Bonchev–Trinajstić information content (AvgIpc) is 2.95. The minimum absolute atomic E-state index is 0.286. The Morgan fingerprint density at radius 1 is 1.14 bits per heavy atom. The first kappa shape index (κ1) is 20.5. The van der Waals surface area contributed by atoms with E-state index in [-0.39, 0.29) is 13.0 Å². The van der Waals surface area contributed by atoms with E-state index in [0.717, 1.165) is 16.0 Å². The highest BCUT2D eigenvalue weighted by Crippen LogP contribution is 2.32. The zero-order valence-electron chi connectivity index (χ0n) is 16.5. The van der Waals surface area contributed by atoms with Gasteiger partial charge in [-0.05, 0) is 48.6 Å². The van der Waals surface area contributed by atoms with Gasteiger partial charge in [0.2, 0.25) is 5.91 Å². The van der Waals surface area contributed by atoms with Gasteiger partial charge in [-0.15, -0.1) is 0 Å². The normalized spacial score (nSPS) is 18.7. The van der Waals surface area contributed by atoms with Gasteiger partial charge in [-0.25, -0.2) is 9.18 Å². The zero-order chi connectivity index (χ0) is 21.0. The molecule has 0 unspecified atom stereocenters. The molecule has 1 aliphatic rings. The van der Waals surface area contributed by atoms with Gasteiger partial charge in [0, 0.05) is 6.54 Å². The predicted octanol–water partition coefficient (Wildman–Crippen LogP) is 2.65. The SMILES string of the molecule is CC[C@@]1(c2ccc(F)cc2)NC(=O)N(CC(=O)NCCc2ccccc2C)C1=O. The van der Waals surface area contributed by atoms with E-state index < -0.39 is 29.2 Å². The lowest BCUT2D eigenvalue weighted by Gasteiger charge is -2.25. The monoisotopic (exact) mass is 397 g/mol. The maximum atomic E-state index is 13.3. The first-order valence-corrected chi connectivity index (χ1v) is 9.58. The summed E-state index contributed by atoms with van der Waals surface area (Å²) in [4.78, 5) is 38.6. The van der Waals surface area contributed by atoms with Crippen LogP contribution in [0.1, 0.15) is 30.0 Å². The van der Waals surface area contributed by atoms with Crippen LogP contribution in [-0.4, -0.2) is 35.8 Å². The smallest absolute Gasteiger partial charge is 0.325 e. The number of halogens is 1. The second kappa shape index (κ2) is 8.43. The molecule has 2 N–H and O–H groups in total.